The number of nitro benzene ring substituents is 1. The number of allylic oxidation sites excluding steroid dienone is 1. The molecule has 0 fully saturated rings. The van der Waals surface area contributed by atoms with Gasteiger partial charge in [-0.15, -0.1) is 0 Å². The van der Waals surface area contributed by atoms with Gasteiger partial charge in [0, 0.05) is 23.3 Å². The number of thiazole rings is 1. The van der Waals surface area contributed by atoms with E-state index in [1.807, 2.05) is 30.3 Å². The second-order valence-electron chi connectivity index (χ2n) is 9.07. The van der Waals surface area contributed by atoms with Gasteiger partial charge < -0.3 is 9.47 Å². The molecule has 8 nitrogen and oxygen atoms in total. The molecular weight excluding hydrogens is 502 g/mol. The fraction of sp³-hybridized carbons (Fsp3) is 0.172. The Morgan fingerprint density at radius 3 is 2.68 bits per heavy atom. The maximum Gasteiger partial charge on any atom is 0.271 e. The molecule has 2 aliphatic rings. The van der Waals surface area contributed by atoms with Crippen molar-refractivity contribution in [2.24, 2.45) is 4.99 Å². The number of nitrogens with zero attached hydrogens (tertiary/aromatic N) is 3. The van der Waals surface area contributed by atoms with Crippen LogP contribution < -0.4 is 24.4 Å². The van der Waals surface area contributed by atoms with Gasteiger partial charge in [-0.1, -0.05) is 47.7 Å². The highest BCUT2D eigenvalue weighted by Gasteiger charge is 2.33. The van der Waals surface area contributed by atoms with Crippen molar-refractivity contribution in [3.05, 3.63) is 124 Å². The number of non-ortho nitro benzene ring substituents is 1. The van der Waals surface area contributed by atoms with E-state index in [0.29, 0.717) is 38.4 Å². The van der Waals surface area contributed by atoms with Gasteiger partial charge in [0.05, 0.1) is 35.4 Å². The number of aryl methyl sites for hydroxylation is 1. The number of hydrogen-bond donors (Lipinski definition) is 0. The Hall–Kier alpha value is -4.50. The molecule has 0 radical (unpaired) electrons. The first-order valence-corrected chi connectivity index (χ1v) is 12.9. The maximum absolute atomic E-state index is 13.9. The number of hydrogen-bond acceptors (Lipinski definition) is 7. The van der Waals surface area contributed by atoms with E-state index in [0.717, 1.165) is 23.3 Å². The zero-order valence-electron chi connectivity index (χ0n) is 20.7. The molecule has 1 aromatic heterocycles. The number of benzene rings is 3. The Labute approximate surface area is 221 Å². The van der Waals surface area contributed by atoms with Gasteiger partial charge in [-0.05, 0) is 53.8 Å². The topological polar surface area (TPSA) is 96.0 Å². The number of aromatic nitrogens is 1. The molecule has 6 rings (SSSR count). The van der Waals surface area contributed by atoms with Gasteiger partial charge in [0.25, 0.3) is 11.2 Å². The first kappa shape index (κ1) is 23.9. The molecule has 9 heteroatoms. The maximum atomic E-state index is 13.9. The Kier molecular flexibility index (Phi) is 5.92. The second kappa shape index (κ2) is 9.42. The van der Waals surface area contributed by atoms with Crippen LogP contribution in [0.3, 0.4) is 0 Å². The summed E-state index contributed by atoms with van der Waals surface area (Å²) < 4.78 is 13.0. The summed E-state index contributed by atoms with van der Waals surface area (Å²) in [6.45, 7) is 0. The van der Waals surface area contributed by atoms with Crippen molar-refractivity contribution < 1.29 is 14.4 Å². The van der Waals surface area contributed by atoms with E-state index in [9.17, 15) is 14.9 Å². The SMILES string of the molecule is COc1ccc(OC)c(/C=c2/sc3n(c2=O)[C@@H](c2cccc([N+](=O)[O-])c2)C2=C(N=3)c3ccccc3CC2)c1. The zero-order valence-corrected chi connectivity index (χ0v) is 21.5. The van der Waals surface area contributed by atoms with E-state index >= 15 is 0 Å². The number of fused-ring (bicyclic) bond motifs is 3. The fourth-order valence-corrected chi connectivity index (χ4v) is 6.22. The lowest BCUT2D eigenvalue weighted by Crippen LogP contribution is -2.38. The summed E-state index contributed by atoms with van der Waals surface area (Å²) in [4.78, 5) is 30.7. The molecular formula is C29H23N3O5S. The standard InChI is InChI=1S/C29H23N3O5S/c1-36-21-11-13-24(37-2)19(15-21)16-25-28(33)31-27(18-7-5-8-20(14-18)32(34)35)23-12-10-17-6-3-4-9-22(17)26(23)30-29(31)38-25/h3-9,11,13-16,27H,10,12H2,1-2H3/b25-16+/t27-/m0/s1. The predicted molar refractivity (Wildman–Crippen MR) is 145 cm³/mol. The summed E-state index contributed by atoms with van der Waals surface area (Å²) in [7, 11) is 3.16. The molecule has 1 aliphatic heterocycles. The van der Waals surface area contributed by atoms with E-state index in [2.05, 4.69) is 6.07 Å². The molecule has 38 heavy (non-hydrogen) atoms. The molecule has 0 saturated heterocycles. The van der Waals surface area contributed by atoms with Gasteiger partial charge in [0.1, 0.15) is 11.5 Å². The molecule has 4 aromatic rings. The van der Waals surface area contributed by atoms with Crippen molar-refractivity contribution >= 4 is 28.8 Å². The van der Waals surface area contributed by atoms with Crippen LogP contribution in [0.15, 0.2) is 82.1 Å². The first-order chi connectivity index (χ1) is 18.5. The molecule has 0 bridgehead atoms. The molecule has 0 amide bonds. The van der Waals surface area contributed by atoms with Crippen LogP contribution in [0.2, 0.25) is 0 Å². The van der Waals surface area contributed by atoms with Crippen molar-refractivity contribution in [2.45, 2.75) is 18.9 Å². The molecule has 1 atom stereocenters. The number of rotatable bonds is 5. The zero-order chi connectivity index (χ0) is 26.4. The van der Waals surface area contributed by atoms with Crippen LogP contribution >= 0.6 is 11.3 Å². The van der Waals surface area contributed by atoms with Crippen LogP contribution in [0.4, 0.5) is 5.69 Å². The average Bonchev–Trinajstić information content (AvgIpc) is 3.25. The molecule has 3 aromatic carbocycles. The van der Waals surface area contributed by atoms with E-state index in [4.69, 9.17) is 14.5 Å². The summed E-state index contributed by atoms with van der Waals surface area (Å²) in [5, 5.41) is 11.6. The summed E-state index contributed by atoms with van der Waals surface area (Å²) in [6, 6.07) is 19.6. The molecule has 0 spiro atoms. The van der Waals surface area contributed by atoms with E-state index < -0.39 is 11.0 Å². The smallest absolute Gasteiger partial charge is 0.271 e. The summed E-state index contributed by atoms with van der Waals surface area (Å²) in [5.41, 5.74) is 5.24. The average molecular weight is 526 g/mol. The molecule has 0 unspecified atom stereocenters. The highest BCUT2D eigenvalue weighted by molar-refractivity contribution is 7.07. The first-order valence-electron chi connectivity index (χ1n) is 12.1. The van der Waals surface area contributed by atoms with Crippen LogP contribution in [-0.4, -0.2) is 23.7 Å². The second-order valence-corrected chi connectivity index (χ2v) is 10.1. The lowest BCUT2D eigenvalue weighted by Gasteiger charge is -2.30. The lowest BCUT2D eigenvalue weighted by atomic mass is 9.83. The van der Waals surface area contributed by atoms with Gasteiger partial charge in [0.2, 0.25) is 0 Å². The van der Waals surface area contributed by atoms with Crippen LogP contribution in [0.1, 0.15) is 34.7 Å². The van der Waals surface area contributed by atoms with Crippen molar-refractivity contribution in [2.75, 3.05) is 14.2 Å². The van der Waals surface area contributed by atoms with E-state index in [1.54, 1.807) is 49.1 Å². The number of methoxy groups -OCH3 is 2. The van der Waals surface area contributed by atoms with Gasteiger partial charge in [-0.25, -0.2) is 4.99 Å². The van der Waals surface area contributed by atoms with E-state index in [-0.39, 0.29) is 11.2 Å². The van der Waals surface area contributed by atoms with Crippen LogP contribution in [0.5, 0.6) is 11.5 Å². The monoisotopic (exact) mass is 525 g/mol. The summed E-state index contributed by atoms with van der Waals surface area (Å²) >= 11 is 1.29. The van der Waals surface area contributed by atoms with Gasteiger partial charge in [-0.3, -0.25) is 19.5 Å². The molecule has 0 N–H and O–H groups in total. The van der Waals surface area contributed by atoms with Gasteiger partial charge in [0.15, 0.2) is 4.80 Å². The highest BCUT2D eigenvalue weighted by atomic mass is 32.1. The third kappa shape index (κ3) is 3.92. The third-order valence-corrected chi connectivity index (χ3v) is 7.98. The van der Waals surface area contributed by atoms with Gasteiger partial charge >= 0.3 is 0 Å². The van der Waals surface area contributed by atoms with Crippen molar-refractivity contribution in [1.29, 1.82) is 0 Å². The number of ether oxygens (including phenoxy) is 2. The minimum Gasteiger partial charge on any atom is -0.497 e. The lowest BCUT2D eigenvalue weighted by molar-refractivity contribution is -0.384. The molecule has 0 saturated carbocycles. The normalized spacial score (nSPS) is 16.3. The van der Waals surface area contributed by atoms with Crippen LogP contribution in [0, 0.1) is 10.1 Å². The summed E-state index contributed by atoms with van der Waals surface area (Å²) in [6.07, 6.45) is 3.30. The minimum absolute atomic E-state index is 0.0129. The largest absolute Gasteiger partial charge is 0.497 e. The van der Waals surface area contributed by atoms with Crippen LogP contribution in [0.25, 0.3) is 11.8 Å². The quantitative estimate of drug-likeness (QED) is 0.287. The van der Waals surface area contributed by atoms with Crippen molar-refractivity contribution in [1.82, 2.24) is 4.57 Å². The predicted octanol–water partition coefficient (Wildman–Crippen LogP) is 4.24. The fourth-order valence-electron chi connectivity index (χ4n) is 5.22. The highest BCUT2D eigenvalue weighted by Crippen LogP contribution is 2.41. The van der Waals surface area contributed by atoms with E-state index in [1.165, 1.54) is 23.0 Å². The Balaban J connectivity index is 1.63. The Morgan fingerprint density at radius 2 is 1.89 bits per heavy atom. The van der Waals surface area contributed by atoms with Crippen molar-refractivity contribution in [3.8, 4) is 11.5 Å². The van der Waals surface area contributed by atoms with Crippen LogP contribution in [-0.2, 0) is 6.42 Å². The van der Waals surface area contributed by atoms with Gasteiger partial charge in [-0.2, -0.15) is 0 Å². The Bertz CT molecular complexity index is 1820. The number of nitro groups is 1. The summed E-state index contributed by atoms with van der Waals surface area (Å²) in [5.74, 6) is 1.26. The third-order valence-electron chi connectivity index (χ3n) is 6.99. The minimum atomic E-state index is -0.496. The molecule has 2 heterocycles. The Morgan fingerprint density at radius 1 is 1.05 bits per heavy atom. The molecule has 1 aliphatic carbocycles. The molecule has 190 valence electrons. The van der Waals surface area contributed by atoms with Crippen molar-refractivity contribution in [3.63, 3.8) is 0 Å².